The highest BCUT2D eigenvalue weighted by Crippen LogP contribution is 2.32. The normalized spacial score (nSPS) is 26.1. The molecule has 1 saturated carbocycles. The van der Waals surface area contributed by atoms with Crippen molar-refractivity contribution in [2.24, 2.45) is 11.8 Å². The van der Waals surface area contributed by atoms with Crippen molar-refractivity contribution in [2.45, 2.75) is 39.2 Å². The van der Waals surface area contributed by atoms with E-state index in [1.165, 1.54) is 6.42 Å². The molecule has 5 heteroatoms. The molecule has 0 bridgehead atoms. The van der Waals surface area contributed by atoms with E-state index in [9.17, 15) is 10.1 Å². The van der Waals surface area contributed by atoms with Crippen LogP contribution in [0, 0.1) is 22.0 Å². The van der Waals surface area contributed by atoms with Gasteiger partial charge in [0.25, 0.3) is 5.69 Å². The number of nitro benzene ring substituents is 1. The average molecular weight is 277 g/mol. The lowest BCUT2D eigenvalue weighted by Gasteiger charge is -2.32. The molecule has 1 aliphatic rings. The largest absolute Gasteiger partial charge is 0.388 e. The van der Waals surface area contributed by atoms with Crippen LogP contribution in [0.3, 0.4) is 0 Å². The highest BCUT2D eigenvalue weighted by molar-refractivity contribution is 5.63. The monoisotopic (exact) mass is 277 g/mol. The van der Waals surface area contributed by atoms with Gasteiger partial charge in [-0.1, -0.05) is 13.8 Å². The smallest absolute Gasteiger partial charge is 0.273 e. The molecular weight excluding hydrogens is 254 g/mol. The summed E-state index contributed by atoms with van der Waals surface area (Å²) in [4.78, 5) is 10.6. The van der Waals surface area contributed by atoms with Crippen molar-refractivity contribution in [3.8, 4) is 0 Å². The molecule has 2 N–H and O–H groups in total. The molecule has 0 radical (unpaired) electrons. The maximum Gasteiger partial charge on any atom is 0.273 e. The van der Waals surface area contributed by atoms with Crippen LogP contribution in [0.5, 0.6) is 0 Å². The van der Waals surface area contributed by atoms with E-state index in [2.05, 4.69) is 24.5 Å². The van der Waals surface area contributed by atoms with Crippen molar-refractivity contribution < 1.29 is 4.92 Å². The zero-order chi connectivity index (χ0) is 14.7. The number of nitrogens with one attached hydrogen (secondary N) is 2. The lowest BCUT2D eigenvalue weighted by molar-refractivity contribution is -0.384. The van der Waals surface area contributed by atoms with Crippen LogP contribution in [-0.4, -0.2) is 18.0 Å². The zero-order valence-corrected chi connectivity index (χ0v) is 12.3. The second kappa shape index (κ2) is 6.11. The second-order valence-electron chi connectivity index (χ2n) is 6.03. The third kappa shape index (κ3) is 3.62. The number of rotatable bonds is 4. The maximum atomic E-state index is 11.0. The summed E-state index contributed by atoms with van der Waals surface area (Å²) >= 11 is 0. The molecule has 1 aromatic rings. The molecule has 0 saturated heterocycles. The van der Waals surface area contributed by atoms with Crippen molar-refractivity contribution in [3.63, 3.8) is 0 Å². The summed E-state index contributed by atoms with van der Waals surface area (Å²) in [6, 6.07) is 5.50. The fourth-order valence-electron chi connectivity index (χ4n) is 3.24. The lowest BCUT2D eigenvalue weighted by atomic mass is 9.80. The van der Waals surface area contributed by atoms with E-state index in [4.69, 9.17) is 0 Å². The molecule has 110 valence electrons. The van der Waals surface area contributed by atoms with E-state index in [1.807, 2.05) is 6.07 Å². The molecule has 2 atom stereocenters. The van der Waals surface area contributed by atoms with E-state index < -0.39 is 0 Å². The van der Waals surface area contributed by atoms with Gasteiger partial charge in [0.1, 0.15) is 0 Å². The average Bonchev–Trinajstić information content (AvgIpc) is 2.36. The first-order chi connectivity index (χ1) is 9.47. The lowest BCUT2D eigenvalue weighted by Crippen LogP contribution is -2.30. The Balaban J connectivity index is 2.15. The Morgan fingerprint density at radius 2 is 1.70 bits per heavy atom. The molecule has 0 aromatic heterocycles. The van der Waals surface area contributed by atoms with Crippen LogP contribution in [0.2, 0.25) is 0 Å². The van der Waals surface area contributed by atoms with Gasteiger partial charge in [-0.3, -0.25) is 10.1 Å². The molecule has 1 aromatic carbocycles. The quantitative estimate of drug-likeness (QED) is 0.647. The van der Waals surface area contributed by atoms with Crippen LogP contribution in [0.4, 0.5) is 17.1 Å². The minimum atomic E-state index is -0.349. The number of benzene rings is 1. The van der Waals surface area contributed by atoms with Crippen molar-refractivity contribution >= 4 is 17.1 Å². The Morgan fingerprint density at radius 1 is 1.10 bits per heavy atom. The Labute approximate surface area is 119 Å². The van der Waals surface area contributed by atoms with Gasteiger partial charge in [-0.15, -0.1) is 0 Å². The van der Waals surface area contributed by atoms with Crippen molar-refractivity contribution in [3.05, 3.63) is 28.3 Å². The SMILES string of the molecule is CNc1cc(NC2CC(C)CC(C)C2)cc([N+](=O)[O-])c1. The molecule has 0 heterocycles. The number of hydrogen-bond acceptors (Lipinski definition) is 4. The first-order valence-electron chi connectivity index (χ1n) is 7.21. The van der Waals surface area contributed by atoms with Crippen molar-refractivity contribution in [1.29, 1.82) is 0 Å². The number of nitrogens with zero attached hydrogens (tertiary/aromatic N) is 1. The molecule has 2 rings (SSSR count). The molecule has 1 aliphatic carbocycles. The van der Waals surface area contributed by atoms with Crippen LogP contribution < -0.4 is 10.6 Å². The predicted molar refractivity (Wildman–Crippen MR) is 82.2 cm³/mol. The van der Waals surface area contributed by atoms with Crippen molar-refractivity contribution in [2.75, 3.05) is 17.7 Å². The number of nitro groups is 1. The minimum Gasteiger partial charge on any atom is -0.388 e. The van der Waals surface area contributed by atoms with Gasteiger partial charge in [-0.05, 0) is 37.2 Å². The summed E-state index contributed by atoms with van der Waals surface area (Å²) in [5.74, 6) is 1.41. The predicted octanol–water partition coefficient (Wildman–Crippen LogP) is 3.87. The molecule has 2 unspecified atom stereocenters. The van der Waals surface area contributed by atoms with E-state index >= 15 is 0 Å². The van der Waals surface area contributed by atoms with Crippen molar-refractivity contribution in [1.82, 2.24) is 0 Å². The molecule has 20 heavy (non-hydrogen) atoms. The van der Waals surface area contributed by atoms with Crippen LogP contribution in [0.25, 0.3) is 0 Å². The summed E-state index contributed by atoms with van der Waals surface area (Å²) in [6.07, 6.45) is 3.53. The highest BCUT2D eigenvalue weighted by Gasteiger charge is 2.24. The number of anilines is 2. The van der Waals surface area contributed by atoms with Crippen LogP contribution in [0.1, 0.15) is 33.1 Å². The van der Waals surface area contributed by atoms with Gasteiger partial charge in [0.15, 0.2) is 0 Å². The van der Waals surface area contributed by atoms with E-state index in [0.717, 1.165) is 24.2 Å². The minimum absolute atomic E-state index is 0.122. The molecule has 1 fully saturated rings. The molecular formula is C15H23N3O2. The third-order valence-corrected chi connectivity index (χ3v) is 3.97. The summed E-state index contributed by atoms with van der Waals surface area (Å²) in [5, 5.41) is 17.4. The molecule has 0 aliphatic heterocycles. The van der Waals surface area contributed by atoms with Crippen LogP contribution in [-0.2, 0) is 0 Å². The fraction of sp³-hybridized carbons (Fsp3) is 0.600. The Kier molecular flexibility index (Phi) is 4.47. The molecule has 5 nitrogen and oxygen atoms in total. The number of non-ortho nitro benzene ring substituents is 1. The topological polar surface area (TPSA) is 67.2 Å². The van der Waals surface area contributed by atoms with Gasteiger partial charge in [0.05, 0.1) is 4.92 Å². The van der Waals surface area contributed by atoms with E-state index in [-0.39, 0.29) is 10.6 Å². The Morgan fingerprint density at radius 3 is 2.25 bits per heavy atom. The van der Waals surface area contributed by atoms with Crippen LogP contribution >= 0.6 is 0 Å². The van der Waals surface area contributed by atoms with E-state index in [0.29, 0.717) is 17.9 Å². The van der Waals surface area contributed by atoms with E-state index in [1.54, 1.807) is 19.2 Å². The fourth-order valence-corrected chi connectivity index (χ4v) is 3.24. The standard InChI is InChI=1S/C15H23N3O2/c1-10-4-11(2)6-13(5-10)17-14-7-12(16-3)8-15(9-14)18(19)20/h7-11,13,16-17H,4-6H2,1-3H3. The van der Waals surface area contributed by atoms with Gasteiger partial charge in [-0.25, -0.2) is 0 Å². The summed E-state index contributed by atoms with van der Waals surface area (Å²) in [7, 11) is 1.77. The summed E-state index contributed by atoms with van der Waals surface area (Å²) < 4.78 is 0. The van der Waals surface area contributed by atoms with Gasteiger partial charge in [0, 0.05) is 36.6 Å². The van der Waals surface area contributed by atoms with Gasteiger partial charge >= 0.3 is 0 Å². The van der Waals surface area contributed by atoms with Gasteiger partial charge in [0.2, 0.25) is 0 Å². The number of hydrogen-bond donors (Lipinski definition) is 2. The maximum absolute atomic E-state index is 11.0. The van der Waals surface area contributed by atoms with Gasteiger partial charge < -0.3 is 10.6 Å². The molecule has 0 amide bonds. The first-order valence-corrected chi connectivity index (χ1v) is 7.21. The summed E-state index contributed by atoms with van der Waals surface area (Å²) in [6.45, 7) is 4.55. The van der Waals surface area contributed by atoms with Crippen LogP contribution in [0.15, 0.2) is 18.2 Å². The Hall–Kier alpha value is -1.78. The highest BCUT2D eigenvalue weighted by atomic mass is 16.6. The first kappa shape index (κ1) is 14.6. The third-order valence-electron chi connectivity index (χ3n) is 3.97. The zero-order valence-electron chi connectivity index (χ0n) is 12.3. The molecule has 0 spiro atoms. The van der Waals surface area contributed by atoms with Gasteiger partial charge in [-0.2, -0.15) is 0 Å². The second-order valence-corrected chi connectivity index (χ2v) is 6.03. The Bertz CT molecular complexity index is 480. The summed E-state index contributed by atoms with van der Waals surface area (Å²) in [5.41, 5.74) is 1.71.